The summed E-state index contributed by atoms with van der Waals surface area (Å²) < 4.78 is 5.68. The first kappa shape index (κ1) is 10.4. The van der Waals surface area contributed by atoms with Gasteiger partial charge in [0.2, 0.25) is 0 Å². The Morgan fingerprint density at radius 2 is 2.33 bits per heavy atom. The number of hydrogen-bond donors (Lipinski definition) is 1. The summed E-state index contributed by atoms with van der Waals surface area (Å²) in [6.45, 7) is 0.528. The van der Waals surface area contributed by atoms with E-state index >= 15 is 0 Å². The summed E-state index contributed by atoms with van der Waals surface area (Å²) in [6, 6.07) is 5.30. The third-order valence-corrected chi connectivity index (χ3v) is 2.99. The summed E-state index contributed by atoms with van der Waals surface area (Å²) in [4.78, 5) is 11.5. The van der Waals surface area contributed by atoms with Gasteiger partial charge in [0.15, 0.2) is 10.4 Å². The average molecular weight is 286 g/mol. The van der Waals surface area contributed by atoms with Crippen molar-refractivity contribution in [2.24, 2.45) is 0 Å². The Bertz CT molecular complexity index is 450. The van der Waals surface area contributed by atoms with Crippen LogP contribution in [-0.4, -0.2) is 5.91 Å². The second kappa shape index (κ2) is 4.63. The predicted octanol–water partition coefficient (Wildman–Crippen LogP) is 3.03. The molecule has 3 nitrogen and oxygen atoms in total. The van der Waals surface area contributed by atoms with E-state index in [0.29, 0.717) is 17.0 Å². The smallest absolute Gasteiger partial charge is 0.287 e. The molecule has 0 fully saturated rings. The zero-order valence-electron chi connectivity index (χ0n) is 7.70. The maximum Gasteiger partial charge on any atom is 0.287 e. The number of thiophene rings is 1. The first-order chi connectivity index (χ1) is 7.25. The van der Waals surface area contributed by atoms with Crippen molar-refractivity contribution in [2.45, 2.75) is 6.54 Å². The largest absolute Gasteiger partial charge is 0.444 e. The van der Waals surface area contributed by atoms with Gasteiger partial charge in [-0.15, -0.1) is 0 Å². The van der Waals surface area contributed by atoms with Crippen LogP contribution in [0, 0.1) is 0 Å². The lowest BCUT2D eigenvalue weighted by Crippen LogP contribution is -2.21. The maximum atomic E-state index is 11.5. The monoisotopic (exact) mass is 285 g/mol. The molecule has 1 N–H and O–H groups in total. The minimum Gasteiger partial charge on any atom is -0.444 e. The number of rotatable bonds is 3. The summed E-state index contributed by atoms with van der Waals surface area (Å²) in [5.41, 5.74) is 1.10. The highest BCUT2D eigenvalue weighted by atomic mass is 79.9. The highest BCUT2D eigenvalue weighted by molar-refractivity contribution is 9.10. The van der Waals surface area contributed by atoms with E-state index in [1.807, 2.05) is 16.8 Å². The minimum atomic E-state index is -0.202. The summed E-state index contributed by atoms with van der Waals surface area (Å²) in [6.07, 6.45) is 0. The van der Waals surface area contributed by atoms with E-state index in [9.17, 15) is 4.79 Å². The highest BCUT2D eigenvalue weighted by Crippen LogP contribution is 2.14. The Balaban J connectivity index is 1.93. The van der Waals surface area contributed by atoms with Crippen LogP contribution in [0.25, 0.3) is 0 Å². The lowest BCUT2D eigenvalue weighted by molar-refractivity contribution is 0.0922. The van der Waals surface area contributed by atoms with Crippen molar-refractivity contribution in [3.63, 3.8) is 0 Å². The van der Waals surface area contributed by atoms with Crippen molar-refractivity contribution in [3.05, 3.63) is 45.0 Å². The molecule has 2 rings (SSSR count). The van der Waals surface area contributed by atoms with Gasteiger partial charge in [-0.05, 0) is 50.5 Å². The molecule has 2 heterocycles. The topological polar surface area (TPSA) is 42.2 Å². The molecule has 0 bridgehead atoms. The molecule has 78 valence electrons. The number of carbonyl (C=O) groups excluding carboxylic acids is 1. The van der Waals surface area contributed by atoms with Gasteiger partial charge in [-0.1, -0.05) is 0 Å². The fraction of sp³-hybridized carbons (Fsp3) is 0.100. The minimum absolute atomic E-state index is 0.202. The lowest BCUT2D eigenvalue weighted by atomic mass is 10.3. The fourth-order valence-corrected chi connectivity index (χ4v) is 2.07. The summed E-state index contributed by atoms with van der Waals surface area (Å²) in [7, 11) is 0. The van der Waals surface area contributed by atoms with Crippen molar-refractivity contribution in [1.29, 1.82) is 0 Å². The zero-order chi connectivity index (χ0) is 10.7. The normalized spacial score (nSPS) is 10.2. The van der Waals surface area contributed by atoms with Crippen molar-refractivity contribution in [3.8, 4) is 0 Å². The van der Waals surface area contributed by atoms with E-state index in [-0.39, 0.29) is 5.91 Å². The van der Waals surface area contributed by atoms with Crippen molar-refractivity contribution >= 4 is 33.2 Å². The molecule has 0 saturated carbocycles. The molecule has 1 amide bonds. The third-order valence-electron chi connectivity index (χ3n) is 1.83. The third kappa shape index (κ3) is 2.70. The molecular weight excluding hydrogens is 278 g/mol. The van der Waals surface area contributed by atoms with E-state index in [0.717, 1.165) is 5.56 Å². The lowest BCUT2D eigenvalue weighted by Gasteiger charge is -2.00. The molecule has 0 unspecified atom stereocenters. The second-order valence-corrected chi connectivity index (χ2v) is 4.48. The van der Waals surface area contributed by atoms with Crippen LogP contribution in [0.1, 0.15) is 16.1 Å². The van der Waals surface area contributed by atoms with Crippen LogP contribution in [0.4, 0.5) is 0 Å². The van der Waals surface area contributed by atoms with Crippen LogP contribution in [0.3, 0.4) is 0 Å². The molecule has 0 aliphatic heterocycles. The maximum absolute atomic E-state index is 11.5. The first-order valence-corrected chi connectivity index (χ1v) is 6.04. The quantitative estimate of drug-likeness (QED) is 0.942. The van der Waals surface area contributed by atoms with Gasteiger partial charge in [0.25, 0.3) is 5.91 Å². The molecule has 0 aliphatic rings. The van der Waals surface area contributed by atoms with Crippen LogP contribution in [0.5, 0.6) is 0 Å². The fourth-order valence-electron chi connectivity index (χ4n) is 1.10. The molecule has 15 heavy (non-hydrogen) atoms. The predicted molar refractivity (Wildman–Crippen MR) is 61.9 cm³/mol. The van der Waals surface area contributed by atoms with Crippen LogP contribution < -0.4 is 5.32 Å². The standard InChI is InChI=1S/C10H8BrNO2S/c11-9-2-1-8(14-9)10(13)12-5-7-3-4-15-6-7/h1-4,6H,5H2,(H,12,13). The Labute approximate surface area is 99.2 Å². The number of furan rings is 1. The molecule has 2 aromatic rings. The molecule has 0 spiro atoms. The van der Waals surface area contributed by atoms with Crippen LogP contribution in [-0.2, 0) is 6.54 Å². The summed E-state index contributed by atoms with van der Waals surface area (Å²) in [5.74, 6) is 0.115. The van der Waals surface area contributed by atoms with Gasteiger partial charge in [-0.25, -0.2) is 0 Å². The highest BCUT2D eigenvalue weighted by Gasteiger charge is 2.09. The Morgan fingerprint density at radius 1 is 1.47 bits per heavy atom. The van der Waals surface area contributed by atoms with Gasteiger partial charge in [-0.3, -0.25) is 4.79 Å². The van der Waals surface area contributed by atoms with Crippen molar-refractivity contribution in [2.75, 3.05) is 0 Å². The number of halogens is 1. The van der Waals surface area contributed by atoms with E-state index in [1.165, 1.54) is 0 Å². The van der Waals surface area contributed by atoms with Gasteiger partial charge in [0.1, 0.15) is 0 Å². The van der Waals surface area contributed by atoms with Crippen molar-refractivity contribution in [1.82, 2.24) is 5.32 Å². The second-order valence-electron chi connectivity index (χ2n) is 2.92. The molecular formula is C10H8BrNO2S. The molecule has 0 atom stereocenters. The summed E-state index contributed by atoms with van der Waals surface area (Å²) >= 11 is 4.75. The molecule has 2 aromatic heterocycles. The van der Waals surface area contributed by atoms with E-state index < -0.39 is 0 Å². The Morgan fingerprint density at radius 3 is 2.93 bits per heavy atom. The van der Waals surface area contributed by atoms with Gasteiger partial charge >= 0.3 is 0 Å². The molecule has 0 aromatic carbocycles. The Hall–Kier alpha value is -1.07. The molecule has 0 aliphatic carbocycles. The number of carbonyl (C=O) groups is 1. The first-order valence-electron chi connectivity index (χ1n) is 4.30. The van der Waals surface area contributed by atoms with E-state index in [4.69, 9.17) is 4.42 Å². The van der Waals surface area contributed by atoms with Gasteiger partial charge in [0.05, 0.1) is 0 Å². The molecule has 0 radical (unpaired) electrons. The zero-order valence-corrected chi connectivity index (χ0v) is 10.1. The van der Waals surface area contributed by atoms with Gasteiger partial charge in [0, 0.05) is 6.54 Å². The van der Waals surface area contributed by atoms with Crippen LogP contribution in [0.15, 0.2) is 38.0 Å². The summed E-state index contributed by atoms with van der Waals surface area (Å²) in [5, 5.41) is 6.74. The van der Waals surface area contributed by atoms with Gasteiger partial charge < -0.3 is 9.73 Å². The van der Waals surface area contributed by atoms with E-state index in [2.05, 4.69) is 21.2 Å². The number of amides is 1. The number of nitrogens with one attached hydrogen (secondary N) is 1. The van der Waals surface area contributed by atoms with Crippen LogP contribution >= 0.6 is 27.3 Å². The molecule has 0 saturated heterocycles. The van der Waals surface area contributed by atoms with Crippen molar-refractivity contribution < 1.29 is 9.21 Å². The van der Waals surface area contributed by atoms with Gasteiger partial charge in [-0.2, -0.15) is 11.3 Å². The molecule has 5 heteroatoms. The average Bonchev–Trinajstić information content (AvgIpc) is 2.84. The van der Waals surface area contributed by atoms with E-state index in [1.54, 1.807) is 23.5 Å². The van der Waals surface area contributed by atoms with Crippen LogP contribution in [0.2, 0.25) is 0 Å². The Kier molecular flexibility index (Phi) is 3.23. The SMILES string of the molecule is O=C(NCc1ccsc1)c1ccc(Br)o1. The number of hydrogen-bond acceptors (Lipinski definition) is 3.